The molecule has 0 radical (unpaired) electrons. The Morgan fingerprint density at radius 3 is 2.56 bits per heavy atom. The van der Waals surface area contributed by atoms with Crippen molar-refractivity contribution >= 4 is 11.8 Å². The Balaban J connectivity index is 2.61. The number of rotatable bonds is 5. The molecule has 0 aliphatic carbocycles. The highest BCUT2D eigenvalue weighted by molar-refractivity contribution is 5.92. The molecule has 0 unspecified atom stereocenters. The Labute approximate surface area is 107 Å². The second-order valence-corrected chi connectivity index (χ2v) is 4.55. The van der Waals surface area contributed by atoms with Gasteiger partial charge >= 0.3 is 0 Å². The summed E-state index contributed by atoms with van der Waals surface area (Å²) in [5.41, 5.74) is 12.1. The van der Waals surface area contributed by atoms with Gasteiger partial charge in [-0.3, -0.25) is 9.59 Å². The highest BCUT2D eigenvalue weighted by atomic mass is 16.2. The van der Waals surface area contributed by atoms with Crippen LogP contribution < -0.4 is 16.8 Å². The van der Waals surface area contributed by atoms with E-state index in [0.717, 1.165) is 5.56 Å². The van der Waals surface area contributed by atoms with Gasteiger partial charge in [0.25, 0.3) is 0 Å². The van der Waals surface area contributed by atoms with Crippen LogP contribution in [0.4, 0.5) is 0 Å². The first-order valence-corrected chi connectivity index (χ1v) is 5.84. The van der Waals surface area contributed by atoms with Crippen LogP contribution in [0.25, 0.3) is 0 Å². The molecule has 2 amide bonds. The minimum atomic E-state index is -0.524. The molecule has 1 aromatic carbocycles. The number of hydrogen-bond donors (Lipinski definition) is 3. The SMILES string of the molecule is CC(C)[C@@H](N)C(=O)NCc1cccc(C(N)=O)c1. The van der Waals surface area contributed by atoms with Crippen LogP contribution in [0, 0.1) is 5.92 Å². The number of amides is 2. The van der Waals surface area contributed by atoms with Crippen LogP contribution in [-0.2, 0) is 11.3 Å². The largest absolute Gasteiger partial charge is 0.366 e. The molecular weight excluding hydrogens is 230 g/mol. The van der Waals surface area contributed by atoms with E-state index in [-0.39, 0.29) is 11.8 Å². The summed E-state index contributed by atoms with van der Waals surface area (Å²) >= 11 is 0. The fraction of sp³-hybridized carbons (Fsp3) is 0.385. The molecule has 0 saturated heterocycles. The summed E-state index contributed by atoms with van der Waals surface area (Å²) in [7, 11) is 0. The molecule has 5 heteroatoms. The Bertz CT molecular complexity index is 444. The Kier molecular flexibility index (Phi) is 4.85. The Morgan fingerprint density at radius 2 is 2.00 bits per heavy atom. The third kappa shape index (κ3) is 3.85. The summed E-state index contributed by atoms with van der Waals surface area (Å²) in [5.74, 6) is -0.599. The number of nitrogens with one attached hydrogen (secondary N) is 1. The number of primary amides is 1. The van der Waals surface area contributed by atoms with Gasteiger partial charge in [-0.05, 0) is 23.6 Å². The van der Waals surface area contributed by atoms with Crippen molar-refractivity contribution in [3.05, 3.63) is 35.4 Å². The lowest BCUT2D eigenvalue weighted by Gasteiger charge is -2.15. The second-order valence-electron chi connectivity index (χ2n) is 4.55. The molecule has 0 bridgehead atoms. The quantitative estimate of drug-likeness (QED) is 0.703. The van der Waals surface area contributed by atoms with E-state index in [2.05, 4.69) is 5.32 Å². The first-order valence-electron chi connectivity index (χ1n) is 5.84. The van der Waals surface area contributed by atoms with E-state index >= 15 is 0 Å². The fourth-order valence-electron chi connectivity index (χ4n) is 1.44. The second kappa shape index (κ2) is 6.16. The molecule has 98 valence electrons. The van der Waals surface area contributed by atoms with Crippen LogP contribution in [0.2, 0.25) is 0 Å². The predicted octanol–water partition coefficient (Wildman–Crippen LogP) is 0.385. The van der Waals surface area contributed by atoms with Gasteiger partial charge in [-0.1, -0.05) is 26.0 Å². The minimum absolute atomic E-state index is 0.0851. The lowest BCUT2D eigenvalue weighted by atomic mass is 10.0. The van der Waals surface area contributed by atoms with Gasteiger partial charge in [-0.25, -0.2) is 0 Å². The summed E-state index contributed by atoms with van der Waals surface area (Å²) < 4.78 is 0. The smallest absolute Gasteiger partial charge is 0.248 e. The number of nitrogens with two attached hydrogens (primary N) is 2. The zero-order chi connectivity index (χ0) is 13.7. The molecule has 0 spiro atoms. The van der Waals surface area contributed by atoms with Gasteiger partial charge < -0.3 is 16.8 Å². The maximum Gasteiger partial charge on any atom is 0.248 e. The van der Waals surface area contributed by atoms with Crippen molar-refractivity contribution in [1.29, 1.82) is 0 Å². The number of carbonyl (C=O) groups excluding carboxylic acids is 2. The molecule has 0 aromatic heterocycles. The van der Waals surface area contributed by atoms with Gasteiger partial charge in [0.2, 0.25) is 11.8 Å². The highest BCUT2D eigenvalue weighted by Crippen LogP contribution is 2.05. The number of benzene rings is 1. The topological polar surface area (TPSA) is 98.2 Å². The lowest BCUT2D eigenvalue weighted by molar-refractivity contribution is -0.123. The van der Waals surface area contributed by atoms with E-state index in [4.69, 9.17) is 11.5 Å². The normalized spacial score (nSPS) is 12.2. The third-order valence-corrected chi connectivity index (χ3v) is 2.70. The monoisotopic (exact) mass is 249 g/mol. The molecule has 0 fully saturated rings. The molecule has 0 saturated carbocycles. The van der Waals surface area contributed by atoms with Gasteiger partial charge in [0.1, 0.15) is 0 Å². The molecule has 0 heterocycles. The molecule has 0 aliphatic heterocycles. The minimum Gasteiger partial charge on any atom is -0.366 e. The van der Waals surface area contributed by atoms with E-state index in [1.165, 1.54) is 0 Å². The average Bonchev–Trinajstić information content (AvgIpc) is 2.35. The van der Waals surface area contributed by atoms with Gasteiger partial charge in [-0.15, -0.1) is 0 Å². The van der Waals surface area contributed by atoms with Crippen LogP contribution in [0.3, 0.4) is 0 Å². The molecule has 0 aliphatic rings. The van der Waals surface area contributed by atoms with E-state index in [9.17, 15) is 9.59 Å². The van der Waals surface area contributed by atoms with Gasteiger partial charge in [0.15, 0.2) is 0 Å². The van der Waals surface area contributed by atoms with E-state index < -0.39 is 11.9 Å². The standard InChI is InChI=1S/C13H19N3O2/c1-8(2)11(14)13(18)16-7-9-4-3-5-10(6-9)12(15)17/h3-6,8,11H,7,14H2,1-2H3,(H2,15,17)(H,16,18)/t11-/m1/s1. The summed E-state index contributed by atoms with van der Waals surface area (Å²) in [6.45, 7) is 4.11. The average molecular weight is 249 g/mol. The van der Waals surface area contributed by atoms with Crippen molar-refractivity contribution < 1.29 is 9.59 Å². The summed E-state index contributed by atoms with van der Waals surface area (Å²) in [6, 6.07) is 6.30. The van der Waals surface area contributed by atoms with Crippen molar-refractivity contribution in [2.24, 2.45) is 17.4 Å². The molecule has 1 aromatic rings. The van der Waals surface area contributed by atoms with Crippen molar-refractivity contribution in [2.45, 2.75) is 26.4 Å². The van der Waals surface area contributed by atoms with Crippen molar-refractivity contribution in [3.8, 4) is 0 Å². The zero-order valence-electron chi connectivity index (χ0n) is 10.6. The lowest BCUT2D eigenvalue weighted by Crippen LogP contribution is -2.43. The first kappa shape index (κ1) is 14.2. The zero-order valence-corrected chi connectivity index (χ0v) is 10.6. The number of carbonyl (C=O) groups is 2. The van der Waals surface area contributed by atoms with Crippen LogP contribution in [0.5, 0.6) is 0 Å². The molecular formula is C13H19N3O2. The molecule has 18 heavy (non-hydrogen) atoms. The van der Waals surface area contributed by atoms with Gasteiger partial charge in [0, 0.05) is 12.1 Å². The molecule has 1 rings (SSSR count). The van der Waals surface area contributed by atoms with Crippen LogP contribution >= 0.6 is 0 Å². The van der Waals surface area contributed by atoms with Crippen LogP contribution in [0.1, 0.15) is 29.8 Å². The maximum absolute atomic E-state index is 11.6. The molecule has 1 atom stereocenters. The maximum atomic E-state index is 11.6. The summed E-state index contributed by atoms with van der Waals surface area (Å²) in [4.78, 5) is 22.7. The van der Waals surface area contributed by atoms with E-state index in [0.29, 0.717) is 12.1 Å². The van der Waals surface area contributed by atoms with Crippen molar-refractivity contribution in [2.75, 3.05) is 0 Å². The fourth-order valence-corrected chi connectivity index (χ4v) is 1.44. The van der Waals surface area contributed by atoms with E-state index in [1.54, 1.807) is 18.2 Å². The first-order chi connectivity index (χ1) is 8.41. The van der Waals surface area contributed by atoms with Gasteiger partial charge in [0.05, 0.1) is 6.04 Å². The van der Waals surface area contributed by atoms with Crippen LogP contribution in [-0.4, -0.2) is 17.9 Å². The Morgan fingerprint density at radius 1 is 1.33 bits per heavy atom. The van der Waals surface area contributed by atoms with Gasteiger partial charge in [-0.2, -0.15) is 0 Å². The van der Waals surface area contributed by atoms with E-state index in [1.807, 2.05) is 19.9 Å². The molecule has 5 N–H and O–H groups in total. The van der Waals surface area contributed by atoms with Crippen molar-refractivity contribution in [1.82, 2.24) is 5.32 Å². The highest BCUT2D eigenvalue weighted by Gasteiger charge is 2.16. The van der Waals surface area contributed by atoms with Crippen LogP contribution in [0.15, 0.2) is 24.3 Å². The Hall–Kier alpha value is -1.88. The predicted molar refractivity (Wildman–Crippen MR) is 69.6 cm³/mol. The van der Waals surface area contributed by atoms with Crippen molar-refractivity contribution in [3.63, 3.8) is 0 Å². The molecule has 5 nitrogen and oxygen atoms in total. The third-order valence-electron chi connectivity index (χ3n) is 2.70. The number of hydrogen-bond acceptors (Lipinski definition) is 3. The summed E-state index contributed by atoms with van der Waals surface area (Å²) in [5, 5.41) is 2.73. The summed E-state index contributed by atoms with van der Waals surface area (Å²) in [6.07, 6.45) is 0.